The largest absolute Gasteiger partial charge is 0.482 e. The van der Waals surface area contributed by atoms with Crippen molar-refractivity contribution in [1.82, 2.24) is 10.2 Å². The van der Waals surface area contributed by atoms with E-state index in [4.69, 9.17) is 21.9 Å². The molecule has 1 saturated carbocycles. The van der Waals surface area contributed by atoms with Crippen LogP contribution in [0.25, 0.3) is 5.57 Å². The summed E-state index contributed by atoms with van der Waals surface area (Å²) in [7, 11) is -1.86. The summed E-state index contributed by atoms with van der Waals surface area (Å²) < 4.78 is 31.0. The Bertz CT molecular complexity index is 1310. The summed E-state index contributed by atoms with van der Waals surface area (Å²) in [4.78, 5) is 14.8. The Kier molecular flexibility index (Phi) is 19.7. The van der Waals surface area contributed by atoms with Crippen LogP contribution in [0.1, 0.15) is 87.7 Å². The molecule has 11 heteroatoms. The van der Waals surface area contributed by atoms with Crippen molar-refractivity contribution in [3.63, 3.8) is 0 Å². The number of carbonyl (C=O) groups is 1. The van der Waals surface area contributed by atoms with Crippen LogP contribution in [0.15, 0.2) is 53.4 Å². The van der Waals surface area contributed by atoms with Crippen LogP contribution in [0.2, 0.25) is 0 Å². The molecule has 2 fully saturated rings. The fraction of sp³-hybridized carbons (Fsp3) is 0.583. The number of benzene rings is 2. The Morgan fingerprint density at radius 2 is 1.55 bits per heavy atom. The van der Waals surface area contributed by atoms with E-state index in [9.17, 15) is 13.2 Å². The second kappa shape index (κ2) is 22.0. The van der Waals surface area contributed by atoms with Gasteiger partial charge in [0, 0.05) is 36.9 Å². The minimum atomic E-state index is -3.36. The highest BCUT2D eigenvalue weighted by molar-refractivity contribution is 7.90. The number of sulfone groups is 1. The Hall–Kier alpha value is -2.80. The quantitative estimate of drug-likeness (QED) is 0.288. The molecule has 1 aliphatic carbocycles. The first-order chi connectivity index (χ1) is 22.5. The van der Waals surface area contributed by atoms with E-state index < -0.39 is 15.4 Å². The zero-order valence-corrected chi connectivity index (χ0v) is 30.5. The molecule has 5 rings (SSSR count). The number of nitrogens with two attached hydrogens (primary N) is 4. The fourth-order valence-corrected chi connectivity index (χ4v) is 5.66. The van der Waals surface area contributed by atoms with Gasteiger partial charge in [-0.15, -0.1) is 0 Å². The van der Waals surface area contributed by atoms with Gasteiger partial charge in [-0.2, -0.15) is 0 Å². The molecule has 1 spiro atoms. The van der Waals surface area contributed by atoms with Crippen LogP contribution in [0.4, 0.5) is 0 Å². The molecule has 1 amide bonds. The SMILES string of the molecule is CCCN.CCN.CCN(CC)C(=O)c1ccc(C2=CC3(CCCNCC3)Oc3ccc(S(C)(=O)=O)cc32)cc1.CN.NCC1CC1. The Morgan fingerprint density at radius 1 is 0.957 bits per heavy atom. The van der Waals surface area contributed by atoms with Crippen LogP contribution in [0, 0.1) is 5.92 Å². The lowest BCUT2D eigenvalue weighted by Gasteiger charge is -2.36. The Balaban J connectivity index is 0.000000665. The monoisotopic (exact) mass is 674 g/mol. The molecule has 2 aromatic carbocycles. The molecule has 2 aromatic rings. The topological polar surface area (TPSA) is 180 Å². The minimum absolute atomic E-state index is 0.0126. The molecule has 3 aliphatic rings. The fourth-order valence-electron chi connectivity index (χ4n) is 5.02. The van der Waals surface area contributed by atoms with Crippen molar-refractivity contribution in [1.29, 1.82) is 0 Å². The lowest BCUT2D eigenvalue weighted by atomic mass is 9.84. The number of nitrogens with one attached hydrogen (secondary N) is 1. The third-order valence-electron chi connectivity index (χ3n) is 7.88. The van der Waals surface area contributed by atoms with Crippen LogP contribution in [0.5, 0.6) is 5.75 Å². The number of ether oxygens (including phenoxy) is 1. The van der Waals surface area contributed by atoms with E-state index in [1.54, 1.807) is 23.1 Å². The minimum Gasteiger partial charge on any atom is -0.482 e. The molecule has 266 valence electrons. The van der Waals surface area contributed by atoms with Crippen LogP contribution < -0.4 is 33.0 Å². The predicted molar refractivity (Wildman–Crippen MR) is 196 cm³/mol. The predicted octanol–water partition coefficient (Wildman–Crippen LogP) is 4.16. The normalized spacial score (nSPS) is 18.0. The third kappa shape index (κ3) is 13.7. The first-order valence-corrected chi connectivity index (χ1v) is 19.0. The van der Waals surface area contributed by atoms with Crippen LogP contribution in [-0.2, 0) is 9.84 Å². The van der Waals surface area contributed by atoms with E-state index in [1.807, 2.05) is 45.0 Å². The molecule has 1 unspecified atom stereocenters. The van der Waals surface area contributed by atoms with Crippen LogP contribution in [-0.4, -0.2) is 83.9 Å². The van der Waals surface area contributed by atoms with Gasteiger partial charge in [-0.3, -0.25) is 4.79 Å². The molecular weight excluding hydrogens is 613 g/mol. The van der Waals surface area contributed by atoms with E-state index in [0.717, 1.165) is 81.0 Å². The van der Waals surface area contributed by atoms with Gasteiger partial charge in [-0.05, 0) is 139 Å². The molecule has 2 aliphatic heterocycles. The van der Waals surface area contributed by atoms with Gasteiger partial charge in [0.25, 0.3) is 5.91 Å². The summed E-state index contributed by atoms with van der Waals surface area (Å²) in [6.45, 7) is 13.5. The van der Waals surface area contributed by atoms with Gasteiger partial charge in [0.1, 0.15) is 11.4 Å². The molecule has 1 saturated heterocycles. The van der Waals surface area contributed by atoms with Crippen LogP contribution >= 0.6 is 0 Å². The van der Waals surface area contributed by atoms with Crippen molar-refractivity contribution in [2.75, 3.05) is 59.1 Å². The van der Waals surface area contributed by atoms with Gasteiger partial charge in [-0.25, -0.2) is 8.42 Å². The molecule has 2 heterocycles. The summed E-state index contributed by atoms with van der Waals surface area (Å²) in [6.07, 6.45) is 9.96. The summed E-state index contributed by atoms with van der Waals surface area (Å²) in [5.41, 5.74) is 22.5. The summed E-state index contributed by atoms with van der Waals surface area (Å²) in [5, 5.41) is 3.44. The number of amides is 1. The number of hydrogen-bond acceptors (Lipinski definition) is 9. The van der Waals surface area contributed by atoms with Gasteiger partial charge in [0.15, 0.2) is 9.84 Å². The molecule has 9 N–H and O–H groups in total. The Labute approximate surface area is 284 Å². The zero-order valence-electron chi connectivity index (χ0n) is 29.7. The lowest BCUT2D eigenvalue weighted by molar-refractivity contribution is 0.0773. The summed E-state index contributed by atoms with van der Waals surface area (Å²) >= 11 is 0. The summed E-state index contributed by atoms with van der Waals surface area (Å²) in [6, 6.07) is 12.7. The maximum absolute atomic E-state index is 12.7. The van der Waals surface area contributed by atoms with Gasteiger partial charge in [-0.1, -0.05) is 26.0 Å². The lowest BCUT2D eigenvalue weighted by Crippen LogP contribution is -2.37. The van der Waals surface area contributed by atoms with Crippen LogP contribution in [0.3, 0.4) is 0 Å². The molecule has 0 bridgehead atoms. The number of rotatable bonds is 7. The van der Waals surface area contributed by atoms with Gasteiger partial charge >= 0.3 is 0 Å². The number of nitrogens with zero attached hydrogens (tertiary/aromatic N) is 1. The highest BCUT2D eigenvalue weighted by atomic mass is 32.2. The highest BCUT2D eigenvalue weighted by Gasteiger charge is 2.36. The smallest absolute Gasteiger partial charge is 0.253 e. The molecule has 0 aromatic heterocycles. The molecule has 47 heavy (non-hydrogen) atoms. The average Bonchev–Trinajstić information content (AvgIpc) is 3.95. The highest BCUT2D eigenvalue weighted by Crippen LogP contribution is 2.43. The maximum Gasteiger partial charge on any atom is 0.253 e. The molecule has 0 radical (unpaired) electrons. The number of fused-ring (bicyclic) bond motifs is 1. The van der Waals surface area contributed by atoms with Gasteiger partial charge in [0.2, 0.25) is 0 Å². The molecule has 1 atom stereocenters. The standard InChI is InChI=1S/C26H32N2O4S.C4H9N.C3H9N.C2H7N.CH5N/c1-4-28(5-2)25(29)20-9-7-19(8-10-20)23-18-26(13-6-15-27-16-14-26)32-24-12-11-21(17-22(23)24)33(3,30)31;5-3-4-1-2-4;1-2-3-4;1-2-3;1-2/h7-12,17-18,27H,4-6,13-16H2,1-3H3;4H,1-3,5H2;2-4H2,1H3;2-3H2,1H3;2H2,1H3. The zero-order chi connectivity index (χ0) is 35.5. The van der Waals surface area contributed by atoms with Crippen molar-refractivity contribution < 1.29 is 17.9 Å². The van der Waals surface area contributed by atoms with Crippen molar-refractivity contribution in [3.05, 3.63) is 65.2 Å². The van der Waals surface area contributed by atoms with Crippen molar-refractivity contribution in [2.45, 2.75) is 76.7 Å². The third-order valence-corrected chi connectivity index (χ3v) is 8.99. The van der Waals surface area contributed by atoms with E-state index >= 15 is 0 Å². The van der Waals surface area contributed by atoms with E-state index in [-0.39, 0.29) is 10.8 Å². The second-order valence-corrected chi connectivity index (χ2v) is 13.7. The van der Waals surface area contributed by atoms with Crippen molar-refractivity contribution in [2.24, 2.45) is 28.9 Å². The number of carbonyl (C=O) groups excluding carboxylic acids is 1. The average molecular weight is 675 g/mol. The van der Waals surface area contributed by atoms with Crippen molar-refractivity contribution >= 4 is 21.3 Å². The molecular formula is C36H62N6O4S. The van der Waals surface area contributed by atoms with E-state index in [0.29, 0.717) is 24.4 Å². The van der Waals surface area contributed by atoms with Crippen molar-refractivity contribution in [3.8, 4) is 5.75 Å². The maximum atomic E-state index is 12.7. The van der Waals surface area contributed by atoms with E-state index in [1.165, 1.54) is 26.1 Å². The molecule has 10 nitrogen and oxygen atoms in total. The Morgan fingerprint density at radius 3 is 2.02 bits per heavy atom. The number of hydrogen-bond donors (Lipinski definition) is 5. The van der Waals surface area contributed by atoms with Gasteiger partial charge in [0.05, 0.1) is 4.90 Å². The van der Waals surface area contributed by atoms with Gasteiger partial charge < -0.3 is 37.9 Å². The first-order valence-electron chi connectivity index (χ1n) is 17.1. The summed E-state index contributed by atoms with van der Waals surface area (Å²) in [5.74, 6) is 1.62. The second-order valence-electron chi connectivity index (χ2n) is 11.7. The van der Waals surface area contributed by atoms with E-state index in [2.05, 4.69) is 24.1 Å². The first kappa shape index (κ1) is 42.2.